The Morgan fingerprint density at radius 1 is 1.05 bits per heavy atom. The van der Waals surface area contributed by atoms with Crippen LogP contribution in [0.5, 0.6) is 5.75 Å². The molecule has 0 aliphatic carbocycles. The van der Waals surface area contributed by atoms with Gasteiger partial charge in [0.25, 0.3) is 0 Å². The van der Waals surface area contributed by atoms with Crippen LogP contribution in [0.3, 0.4) is 0 Å². The van der Waals surface area contributed by atoms with Crippen molar-refractivity contribution in [3.05, 3.63) is 29.8 Å². The lowest BCUT2D eigenvalue weighted by molar-refractivity contribution is 0.271. The van der Waals surface area contributed by atoms with Crippen molar-refractivity contribution in [2.75, 3.05) is 19.7 Å². The highest BCUT2D eigenvalue weighted by molar-refractivity contribution is 5.30. The van der Waals surface area contributed by atoms with E-state index in [9.17, 15) is 0 Å². The van der Waals surface area contributed by atoms with Gasteiger partial charge >= 0.3 is 0 Å². The van der Waals surface area contributed by atoms with E-state index >= 15 is 0 Å². The molecule has 2 atom stereocenters. The Morgan fingerprint density at radius 3 is 2.24 bits per heavy atom. The molecule has 2 unspecified atom stereocenters. The Kier molecular flexibility index (Phi) is 8.44. The second-order valence-electron chi connectivity index (χ2n) is 6.47. The molecule has 2 heteroatoms. The van der Waals surface area contributed by atoms with Crippen LogP contribution in [0.25, 0.3) is 0 Å². The van der Waals surface area contributed by atoms with Crippen LogP contribution in [0, 0.1) is 11.8 Å². The predicted octanol–water partition coefficient (Wildman–Crippen LogP) is 4.85. The zero-order valence-corrected chi connectivity index (χ0v) is 14.5. The average molecular weight is 291 g/mol. The molecule has 21 heavy (non-hydrogen) atoms. The second-order valence-corrected chi connectivity index (χ2v) is 6.47. The summed E-state index contributed by atoms with van der Waals surface area (Å²) < 4.78 is 5.77. The van der Waals surface area contributed by atoms with Gasteiger partial charge in [-0.05, 0) is 48.4 Å². The largest absolute Gasteiger partial charge is 0.493 e. The summed E-state index contributed by atoms with van der Waals surface area (Å²) in [6, 6.07) is 8.71. The Labute approximate surface area is 131 Å². The minimum absolute atomic E-state index is 0.566. The summed E-state index contributed by atoms with van der Waals surface area (Å²) in [7, 11) is 0. The summed E-state index contributed by atoms with van der Waals surface area (Å²) in [5.74, 6) is 2.82. The Hall–Kier alpha value is -1.02. The summed E-state index contributed by atoms with van der Waals surface area (Å²) in [4.78, 5) is 0. The van der Waals surface area contributed by atoms with Crippen molar-refractivity contribution in [3.8, 4) is 5.75 Å². The number of hydrogen-bond acceptors (Lipinski definition) is 2. The molecule has 0 fully saturated rings. The highest BCUT2D eigenvalue weighted by atomic mass is 16.5. The first-order chi connectivity index (χ1) is 10.1. The zero-order chi connectivity index (χ0) is 15.7. The van der Waals surface area contributed by atoms with Gasteiger partial charge in [-0.1, -0.05) is 53.2 Å². The van der Waals surface area contributed by atoms with Crippen LogP contribution in [0.4, 0.5) is 0 Å². The normalized spacial score (nSPS) is 14.2. The van der Waals surface area contributed by atoms with Crippen molar-refractivity contribution in [1.82, 2.24) is 5.32 Å². The minimum Gasteiger partial charge on any atom is -0.493 e. The molecule has 0 saturated carbocycles. The summed E-state index contributed by atoms with van der Waals surface area (Å²) in [6.07, 6.45) is 2.40. The second kappa shape index (κ2) is 9.83. The van der Waals surface area contributed by atoms with Gasteiger partial charge in [0.1, 0.15) is 5.75 Å². The fourth-order valence-electron chi connectivity index (χ4n) is 2.44. The number of hydrogen-bond donors (Lipinski definition) is 1. The fraction of sp³-hybridized carbons (Fsp3) is 0.684. The first kappa shape index (κ1) is 18.0. The van der Waals surface area contributed by atoms with E-state index in [2.05, 4.69) is 64.2 Å². The molecule has 1 N–H and O–H groups in total. The lowest BCUT2D eigenvalue weighted by Crippen LogP contribution is -2.26. The quantitative estimate of drug-likeness (QED) is 0.622. The van der Waals surface area contributed by atoms with Gasteiger partial charge in [-0.2, -0.15) is 0 Å². The Bertz CT molecular complexity index is 372. The third-order valence-electron chi connectivity index (χ3n) is 4.01. The molecule has 0 spiro atoms. The summed E-state index contributed by atoms with van der Waals surface area (Å²) in [5, 5.41) is 3.57. The minimum atomic E-state index is 0.566. The van der Waals surface area contributed by atoms with Crippen molar-refractivity contribution < 1.29 is 4.74 Å². The van der Waals surface area contributed by atoms with Gasteiger partial charge in [0.15, 0.2) is 0 Å². The van der Waals surface area contributed by atoms with Crippen LogP contribution in [0.1, 0.15) is 58.9 Å². The van der Waals surface area contributed by atoms with E-state index in [0.717, 1.165) is 25.4 Å². The number of rotatable bonds is 10. The molecule has 1 aromatic rings. The molecule has 0 saturated heterocycles. The van der Waals surface area contributed by atoms with Crippen LogP contribution in [-0.2, 0) is 0 Å². The molecular weight excluding hydrogens is 258 g/mol. The molecule has 0 aliphatic heterocycles. The van der Waals surface area contributed by atoms with Crippen molar-refractivity contribution >= 4 is 0 Å². The van der Waals surface area contributed by atoms with E-state index < -0.39 is 0 Å². The van der Waals surface area contributed by atoms with E-state index in [1.165, 1.54) is 18.4 Å². The number of benzene rings is 1. The number of nitrogens with one attached hydrogen (secondary N) is 1. The summed E-state index contributed by atoms with van der Waals surface area (Å²) in [5.41, 5.74) is 1.42. The third kappa shape index (κ3) is 6.52. The van der Waals surface area contributed by atoms with E-state index in [0.29, 0.717) is 17.8 Å². The van der Waals surface area contributed by atoms with Crippen LogP contribution < -0.4 is 10.1 Å². The SMILES string of the molecule is CCCNCC(c1ccc(OCC(C)C)cc1)C(C)CC. The molecule has 0 bridgehead atoms. The van der Waals surface area contributed by atoms with Crippen LogP contribution >= 0.6 is 0 Å². The zero-order valence-electron chi connectivity index (χ0n) is 14.5. The first-order valence-electron chi connectivity index (χ1n) is 8.51. The molecule has 0 amide bonds. The molecule has 0 aromatic heterocycles. The Morgan fingerprint density at radius 2 is 1.71 bits per heavy atom. The van der Waals surface area contributed by atoms with Crippen LogP contribution in [0.15, 0.2) is 24.3 Å². The van der Waals surface area contributed by atoms with Gasteiger partial charge in [0.2, 0.25) is 0 Å². The highest BCUT2D eigenvalue weighted by Crippen LogP contribution is 2.28. The van der Waals surface area contributed by atoms with Crippen molar-refractivity contribution in [2.24, 2.45) is 11.8 Å². The molecule has 0 radical (unpaired) electrons. The van der Waals surface area contributed by atoms with Crippen molar-refractivity contribution in [1.29, 1.82) is 0 Å². The van der Waals surface area contributed by atoms with Gasteiger partial charge < -0.3 is 10.1 Å². The van der Waals surface area contributed by atoms with Crippen LogP contribution in [-0.4, -0.2) is 19.7 Å². The molecule has 1 rings (SSSR count). The first-order valence-corrected chi connectivity index (χ1v) is 8.51. The maximum atomic E-state index is 5.77. The molecule has 1 aromatic carbocycles. The fourth-order valence-corrected chi connectivity index (χ4v) is 2.44. The van der Waals surface area contributed by atoms with Gasteiger partial charge in [0, 0.05) is 6.54 Å². The van der Waals surface area contributed by atoms with Crippen molar-refractivity contribution in [2.45, 2.75) is 53.4 Å². The average Bonchev–Trinajstić information content (AvgIpc) is 2.49. The Balaban J connectivity index is 2.68. The predicted molar refractivity (Wildman–Crippen MR) is 92.1 cm³/mol. The lowest BCUT2D eigenvalue weighted by Gasteiger charge is -2.24. The molecule has 2 nitrogen and oxygen atoms in total. The van der Waals surface area contributed by atoms with E-state index in [1.807, 2.05) is 0 Å². The third-order valence-corrected chi connectivity index (χ3v) is 4.01. The standard InChI is InChI=1S/C19H33NO/c1-6-12-20-13-19(16(5)7-2)17-8-10-18(11-9-17)21-14-15(3)4/h8-11,15-16,19-20H,6-7,12-14H2,1-5H3. The van der Waals surface area contributed by atoms with Gasteiger partial charge in [0.05, 0.1) is 6.61 Å². The maximum Gasteiger partial charge on any atom is 0.119 e. The lowest BCUT2D eigenvalue weighted by atomic mass is 9.85. The molecule has 120 valence electrons. The van der Waals surface area contributed by atoms with Crippen LogP contribution in [0.2, 0.25) is 0 Å². The maximum absolute atomic E-state index is 5.77. The number of ether oxygens (including phenoxy) is 1. The van der Waals surface area contributed by atoms with Gasteiger partial charge in [-0.25, -0.2) is 0 Å². The molecule has 0 heterocycles. The summed E-state index contributed by atoms with van der Waals surface area (Å²) in [6.45, 7) is 14.1. The topological polar surface area (TPSA) is 21.3 Å². The van der Waals surface area contributed by atoms with Gasteiger partial charge in [-0.15, -0.1) is 0 Å². The highest BCUT2D eigenvalue weighted by Gasteiger charge is 2.17. The van der Waals surface area contributed by atoms with Crippen molar-refractivity contribution in [3.63, 3.8) is 0 Å². The van der Waals surface area contributed by atoms with Gasteiger partial charge in [-0.3, -0.25) is 0 Å². The molecular formula is C19H33NO. The molecule has 0 aliphatic rings. The van der Waals surface area contributed by atoms with E-state index in [4.69, 9.17) is 4.74 Å². The smallest absolute Gasteiger partial charge is 0.119 e. The van der Waals surface area contributed by atoms with E-state index in [1.54, 1.807) is 0 Å². The monoisotopic (exact) mass is 291 g/mol. The summed E-state index contributed by atoms with van der Waals surface area (Å²) >= 11 is 0. The van der Waals surface area contributed by atoms with E-state index in [-0.39, 0.29) is 0 Å².